The van der Waals surface area contributed by atoms with Gasteiger partial charge in [0.15, 0.2) is 5.16 Å². The lowest BCUT2D eigenvalue weighted by atomic mass is 9.99. The molecule has 18 heteroatoms. The zero-order chi connectivity index (χ0) is 31.4. The van der Waals surface area contributed by atoms with Crippen LogP contribution in [0.25, 0.3) is 16.5 Å². The monoisotopic (exact) mass is 710 g/mol. The van der Waals surface area contributed by atoms with Gasteiger partial charge in [-0.2, -0.15) is 4.98 Å². The summed E-state index contributed by atoms with van der Waals surface area (Å²) >= 11 is 4.52. The van der Waals surface area contributed by atoms with E-state index in [1.54, 1.807) is 4.57 Å². The Morgan fingerprint density at radius 1 is 1.14 bits per heavy atom. The van der Waals surface area contributed by atoms with E-state index in [0.29, 0.717) is 15.8 Å². The van der Waals surface area contributed by atoms with Crippen molar-refractivity contribution in [3.05, 3.63) is 69.4 Å². The number of rotatable bonds is 14. The molecule has 44 heavy (non-hydrogen) atoms. The second-order valence-electron chi connectivity index (χ2n) is 9.81. The van der Waals surface area contributed by atoms with E-state index in [1.807, 2.05) is 24.3 Å². The first-order valence-corrected chi connectivity index (χ1v) is 16.6. The van der Waals surface area contributed by atoms with Gasteiger partial charge in [-0.25, -0.2) is 9.36 Å². The van der Waals surface area contributed by atoms with E-state index in [1.165, 1.54) is 17.8 Å². The summed E-state index contributed by atoms with van der Waals surface area (Å²) in [6.45, 7) is -1.91. The summed E-state index contributed by atoms with van der Waals surface area (Å²) in [4.78, 5) is 46.9. The number of aliphatic hydroxyl groups excluding tert-OH is 1. The normalized spacial score (nSPS) is 14.9. The van der Waals surface area contributed by atoms with Crippen LogP contribution in [-0.2, 0) is 30.1 Å². The van der Waals surface area contributed by atoms with Crippen molar-refractivity contribution in [2.24, 2.45) is 0 Å². The summed E-state index contributed by atoms with van der Waals surface area (Å²) in [6.07, 6.45) is 0.645. The second kappa shape index (κ2) is 13.9. The topological polar surface area (TPSA) is 214 Å². The largest absolute Gasteiger partial charge is 0.470 e. The maximum atomic E-state index is 12.8. The quantitative estimate of drug-likeness (QED) is 0.0840. The Kier molecular flexibility index (Phi) is 10.2. The molecule has 2 aromatic carbocycles. The number of hydrogen-bond donors (Lipinski definition) is 4. The molecule has 1 fully saturated rings. The first kappa shape index (κ1) is 32.2. The van der Waals surface area contributed by atoms with Gasteiger partial charge in [-0.05, 0) is 57.8 Å². The molecule has 0 spiro atoms. The van der Waals surface area contributed by atoms with Crippen LogP contribution in [-0.4, -0.2) is 76.4 Å². The van der Waals surface area contributed by atoms with Gasteiger partial charge in [0.05, 0.1) is 18.0 Å². The third-order valence-electron chi connectivity index (χ3n) is 6.71. The lowest BCUT2D eigenvalue weighted by Crippen LogP contribution is -2.40. The molecule has 0 radical (unpaired) electrons. The minimum absolute atomic E-state index is 0.0152. The number of halogens is 1. The number of carbonyl (C=O) groups is 1. The highest BCUT2D eigenvalue weighted by atomic mass is 79.9. The van der Waals surface area contributed by atoms with Crippen molar-refractivity contribution in [3.8, 4) is 5.69 Å². The SMILES string of the molecule is Nc1ccn(CO[C@H](COC(=O)CSc2nnc(Br)n2-c2ccc(C3CC3)c3ccccc23)C(CO)OP(=O)(O)O)c(=O)n1. The number of carbonyl (C=O) groups excluding carboxylic acids is 1. The number of ether oxygens (including phenoxy) is 2. The molecule has 5 rings (SSSR count). The molecule has 0 amide bonds. The molecule has 2 atom stereocenters. The van der Waals surface area contributed by atoms with E-state index in [9.17, 15) is 29.0 Å². The van der Waals surface area contributed by atoms with Gasteiger partial charge in [0.2, 0.25) is 4.73 Å². The average Bonchev–Trinajstić information content (AvgIpc) is 3.77. The maximum Gasteiger partial charge on any atom is 0.470 e. The van der Waals surface area contributed by atoms with E-state index < -0.39 is 51.6 Å². The second-order valence-corrected chi connectivity index (χ2v) is 12.7. The number of nitrogens with zero attached hydrogens (tertiary/aromatic N) is 5. The standard InChI is InChI=1S/C26H28BrN6O9PS/c27-24-30-31-26(33(24)19-8-7-16(15-5-6-15)17-3-1-2-4-18(17)19)44-13-23(35)40-12-21(20(11-34)42-43(37,38)39)41-14-32-10-9-22(28)29-25(32)36/h1-4,7-10,15,20-21,34H,5-6,11-14H2,(H2,28,29,36)(H2,37,38,39)/t20?,21-/m1/s1. The summed E-state index contributed by atoms with van der Waals surface area (Å²) in [5.74, 6) is -0.391. The van der Waals surface area contributed by atoms with Crippen LogP contribution >= 0.6 is 35.5 Å². The highest BCUT2D eigenvalue weighted by Gasteiger charge is 2.31. The van der Waals surface area contributed by atoms with Crippen molar-refractivity contribution in [3.63, 3.8) is 0 Å². The Bertz CT molecular complexity index is 1760. The smallest absolute Gasteiger partial charge is 0.462 e. The first-order chi connectivity index (χ1) is 21.0. The molecule has 234 valence electrons. The van der Waals surface area contributed by atoms with Gasteiger partial charge in [0.25, 0.3) is 0 Å². The van der Waals surface area contributed by atoms with Gasteiger partial charge in [0.1, 0.15) is 31.4 Å². The zero-order valence-electron chi connectivity index (χ0n) is 22.9. The number of phosphoric acid groups is 1. The minimum atomic E-state index is -5.06. The minimum Gasteiger partial charge on any atom is -0.462 e. The number of aromatic nitrogens is 5. The van der Waals surface area contributed by atoms with E-state index >= 15 is 0 Å². The van der Waals surface area contributed by atoms with Crippen LogP contribution in [0.3, 0.4) is 0 Å². The first-order valence-electron chi connectivity index (χ1n) is 13.2. The Balaban J connectivity index is 1.27. The lowest BCUT2D eigenvalue weighted by molar-refractivity contribution is -0.152. The van der Waals surface area contributed by atoms with Gasteiger partial charge >= 0.3 is 19.5 Å². The highest BCUT2D eigenvalue weighted by Crippen LogP contribution is 2.44. The molecule has 2 heterocycles. The number of nitrogen functional groups attached to an aromatic ring is 1. The van der Waals surface area contributed by atoms with E-state index in [2.05, 4.69) is 47.8 Å². The fraction of sp³-hybridized carbons (Fsp3) is 0.346. The van der Waals surface area contributed by atoms with Gasteiger partial charge < -0.3 is 30.1 Å². The van der Waals surface area contributed by atoms with Crippen LogP contribution in [0.15, 0.2) is 63.3 Å². The van der Waals surface area contributed by atoms with Crippen LogP contribution < -0.4 is 11.4 Å². The molecule has 0 saturated heterocycles. The number of esters is 1. The molecular weight excluding hydrogens is 683 g/mol. The molecule has 2 aromatic heterocycles. The van der Waals surface area contributed by atoms with Gasteiger partial charge in [-0.1, -0.05) is 42.1 Å². The summed E-state index contributed by atoms with van der Waals surface area (Å²) in [7, 11) is -5.06. The van der Waals surface area contributed by atoms with Crippen LogP contribution in [0, 0.1) is 0 Å². The number of anilines is 1. The van der Waals surface area contributed by atoms with E-state index in [0.717, 1.165) is 45.6 Å². The molecule has 1 saturated carbocycles. The number of aliphatic hydroxyl groups is 1. The lowest BCUT2D eigenvalue weighted by Gasteiger charge is -2.26. The molecule has 4 aromatic rings. The van der Waals surface area contributed by atoms with Crippen molar-refractivity contribution < 1.29 is 38.3 Å². The van der Waals surface area contributed by atoms with E-state index in [-0.39, 0.29) is 11.6 Å². The van der Waals surface area contributed by atoms with Gasteiger partial charge in [-0.3, -0.25) is 18.5 Å². The predicted molar refractivity (Wildman–Crippen MR) is 162 cm³/mol. The number of benzene rings is 2. The number of thioether (sulfide) groups is 1. The van der Waals surface area contributed by atoms with Crippen molar-refractivity contribution in [1.82, 2.24) is 24.3 Å². The fourth-order valence-corrected chi connectivity index (χ4v) is 6.37. The van der Waals surface area contributed by atoms with Gasteiger partial charge in [-0.15, -0.1) is 10.2 Å². The molecule has 1 aliphatic carbocycles. The number of hydrogen-bond acceptors (Lipinski definition) is 12. The van der Waals surface area contributed by atoms with E-state index in [4.69, 9.17) is 15.2 Å². The summed E-state index contributed by atoms with van der Waals surface area (Å²) in [5, 5.41) is 20.6. The summed E-state index contributed by atoms with van der Waals surface area (Å²) < 4.78 is 30.2. The van der Waals surface area contributed by atoms with Gasteiger partial charge in [0, 0.05) is 11.6 Å². The van der Waals surface area contributed by atoms with Crippen molar-refractivity contribution >= 4 is 58.1 Å². The highest BCUT2D eigenvalue weighted by molar-refractivity contribution is 9.10. The Hall–Kier alpha value is -3.15. The summed E-state index contributed by atoms with van der Waals surface area (Å²) in [6, 6.07) is 13.5. The maximum absolute atomic E-state index is 12.8. The van der Waals surface area contributed by atoms with Crippen LogP contribution in [0.2, 0.25) is 0 Å². The number of fused-ring (bicyclic) bond motifs is 1. The zero-order valence-corrected chi connectivity index (χ0v) is 26.2. The molecule has 0 bridgehead atoms. The van der Waals surface area contributed by atoms with Crippen molar-refractivity contribution in [1.29, 1.82) is 0 Å². The number of nitrogens with two attached hydrogens (primary N) is 1. The van der Waals surface area contributed by atoms with Crippen LogP contribution in [0.1, 0.15) is 24.3 Å². The van der Waals surface area contributed by atoms with Crippen LogP contribution in [0.4, 0.5) is 5.82 Å². The molecular formula is C26H28BrN6O9PS. The Morgan fingerprint density at radius 2 is 1.89 bits per heavy atom. The van der Waals surface area contributed by atoms with Crippen LogP contribution in [0.5, 0.6) is 0 Å². The fourth-order valence-electron chi connectivity index (χ4n) is 4.51. The Morgan fingerprint density at radius 3 is 2.57 bits per heavy atom. The third kappa shape index (κ3) is 7.92. The molecule has 15 nitrogen and oxygen atoms in total. The predicted octanol–water partition coefficient (Wildman–Crippen LogP) is 2.35. The Labute approximate surface area is 262 Å². The molecule has 1 unspecified atom stereocenters. The third-order valence-corrected chi connectivity index (χ3v) is 8.67. The molecule has 0 aliphatic heterocycles. The summed E-state index contributed by atoms with van der Waals surface area (Å²) in [5.41, 5.74) is 6.86. The number of phosphoric ester groups is 1. The molecule has 1 aliphatic rings. The van der Waals surface area contributed by atoms with Crippen molar-refractivity contribution in [2.75, 3.05) is 24.7 Å². The van der Waals surface area contributed by atoms with Crippen molar-refractivity contribution in [2.45, 2.75) is 42.9 Å². The molecule has 5 N–H and O–H groups in total. The average molecular weight is 711 g/mol.